The van der Waals surface area contributed by atoms with Crippen LogP contribution in [0.2, 0.25) is 0 Å². The van der Waals surface area contributed by atoms with Crippen LogP contribution in [0, 0.1) is 32.4 Å². The minimum Gasteiger partial charge on any atom is -0.753 e. The molecule has 0 saturated carbocycles. The van der Waals surface area contributed by atoms with Crippen molar-refractivity contribution in [3.63, 3.8) is 0 Å². The number of halogens is 1. The number of hydrogen-bond acceptors (Lipinski definition) is 7. The summed E-state index contributed by atoms with van der Waals surface area (Å²) >= 11 is 9.55. The van der Waals surface area contributed by atoms with E-state index in [-0.39, 0.29) is 39.9 Å². The Kier molecular flexibility index (Phi) is 33.3. The number of carbonyl (C=O) groups excluding carboxylic acids is 1. The molecule has 0 spiro atoms. The fourth-order valence-corrected chi connectivity index (χ4v) is 1.37. The zero-order valence-electron chi connectivity index (χ0n) is 15.1. The average molecular weight is 602 g/mol. The summed E-state index contributed by atoms with van der Waals surface area (Å²) in [5.74, 6) is -1.21. The van der Waals surface area contributed by atoms with Gasteiger partial charge in [0.05, 0.1) is 17.4 Å². The smallest absolute Gasteiger partial charge is 0.753 e. The fourth-order valence-electron chi connectivity index (χ4n) is 1.37. The van der Waals surface area contributed by atoms with E-state index in [0.717, 1.165) is 5.56 Å². The summed E-state index contributed by atoms with van der Waals surface area (Å²) in [4.78, 5) is 20.9. The Morgan fingerprint density at radius 2 is 1.59 bits per heavy atom. The van der Waals surface area contributed by atoms with Gasteiger partial charge in [-0.15, -0.1) is 0 Å². The second-order valence-corrected chi connectivity index (χ2v) is 3.98. The first kappa shape index (κ1) is 36.5. The number of aryl methyl sites for hydroxylation is 1. The number of aromatic carboxylic acids is 1. The van der Waals surface area contributed by atoms with Crippen LogP contribution in [0.15, 0.2) is 36.7 Å². The van der Waals surface area contributed by atoms with E-state index >= 15 is 0 Å². The molecule has 0 aliphatic rings. The number of carbonyl (C=O) groups is 1. The predicted octanol–water partition coefficient (Wildman–Crippen LogP) is 3.44. The molecule has 2 heterocycles. The molecule has 6 nitrogen and oxygen atoms in total. The molecule has 0 atom stereocenters. The number of thiocyanates is 1. The van der Waals surface area contributed by atoms with Gasteiger partial charge < -0.3 is 42.8 Å². The van der Waals surface area contributed by atoms with Gasteiger partial charge in [0.2, 0.25) is 0 Å². The number of carboxylic acid groups (broad SMARTS) is 1. The number of nitrogens with zero attached hydrogens (tertiary/aromatic N) is 4. The zero-order valence-corrected chi connectivity index (χ0v) is 20.6. The van der Waals surface area contributed by atoms with Gasteiger partial charge in [-0.1, -0.05) is 40.2 Å². The molecule has 0 saturated heterocycles. The quantitative estimate of drug-likeness (QED) is 0.0757. The molecule has 0 aliphatic heterocycles. The van der Waals surface area contributed by atoms with Gasteiger partial charge in [0, 0.05) is 18.0 Å². The molecular weight excluding hydrogens is 584 g/mol. The number of carboxylic acids is 1. The summed E-state index contributed by atoms with van der Waals surface area (Å²) in [5, 5.41) is 27.6. The van der Waals surface area contributed by atoms with Crippen LogP contribution in [-0.2, 0) is 32.1 Å². The average Bonchev–Trinajstić information content (AvgIpc) is 2.58. The molecule has 0 N–H and O–H groups in total. The van der Waals surface area contributed by atoms with Crippen molar-refractivity contribution in [3.8, 4) is 16.8 Å². The van der Waals surface area contributed by atoms with Crippen LogP contribution in [0.25, 0.3) is 16.8 Å². The van der Waals surface area contributed by atoms with E-state index in [4.69, 9.17) is 10.7 Å². The predicted molar refractivity (Wildman–Crippen MR) is 118 cm³/mol. The number of aromatic nitrogens is 2. The topological polar surface area (TPSA) is 112 Å². The molecule has 27 heavy (non-hydrogen) atoms. The van der Waals surface area contributed by atoms with Crippen molar-refractivity contribution in [2.75, 3.05) is 4.93 Å². The molecule has 0 radical (unpaired) electrons. The summed E-state index contributed by atoms with van der Waals surface area (Å²) in [6.45, 7) is 1.94. The Morgan fingerprint density at radius 1 is 1.22 bits per heavy atom. The summed E-state index contributed by atoms with van der Waals surface area (Å²) in [6.07, 6.45) is 3.10. The number of isothiocyanates is 1. The van der Waals surface area contributed by atoms with Crippen molar-refractivity contribution in [1.82, 2.24) is 9.97 Å². The summed E-state index contributed by atoms with van der Waals surface area (Å²) in [5.41, 5.74) is 2.34. The van der Waals surface area contributed by atoms with E-state index in [9.17, 15) is 9.90 Å². The summed E-state index contributed by atoms with van der Waals surface area (Å²) in [7, 11) is 0. The number of alkyl halides is 1. The van der Waals surface area contributed by atoms with E-state index in [1.165, 1.54) is 28.9 Å². The van der Waals surface area contributed by atoms with Crippen LogP contribution < -0.4 is 5.11 Å². The van der Waals surface area contributed by atoms with Crippen LogP contribution in [0.4, 0.5) is 0 Å². The maximum absolute atomic E-state index is 10.7. The van der Waals surface area contributed by atoms with E-state index in [2.05, 4.69) is 57.4 Å². The molecule has 0 unspecified atom stereocenters. The van der Waals surface area contributed by atoms with Gasteiger partial charge in [-0.2, -0.15) is 5.16 Å². The maximum atomic E-state index is 10.7. The van der Waals surface area contributed by atoms with Crippen molar-refractivity contribution in [2.45, 2.75) is 6.92 Å². The third kappa shape index (κ3) is 17.8. The van der Waals surface area contributed by atoms with Crippen molar-refractivity contribution in [1.29, 1.82) is 5.26 Å². The molecule has 0 fully saturated rings. The zero-order chi connectivity index (χ0) is 19.0. The number of hydrogen-bond donors (Lipinski definition) is 0. The van der Waals surface area contributed by atoms with E-state index in [1.807, 2.05) is 24.0 Å². The Morgan fingerprint density at radius 3 is 1.96 bits per heavy atom. The van der Waals surface area contributed by atoms with E-state index < -0.39 is 5.97 Å². The second-order valence-electron chi connectivity index (χ2n) is 3.62. The van der Waals surface area contributed by atoms with Crippen LogP contribution in [0.1, 0.15) is 15.9 Å². The fraction of sp³-hybridized carbons (Fsp3) is 0.118. The molecule has 0 amide bonds. The van der Waals surface area contributed by atoms with E-state index in [1.54, 1.807) is 6.20 Å². The largest absolute Gasteiger partial charge is 4.00 e. The summed E-state index contributed by atoms with van der Waals surface area (Å²) in [6, 6.07) is 6.57. The van der Waals surface area contributed by atoms with Crippen molar-refractivity contribution in [3.05, 3.63) is 68.0 Å². The first-order valence-electron chi connectivity index (χ1n) is 6.00. The van der Waals surface area contributed by atoms with Crippen LogP contribution in [0.5, 0.6) is 0 Å². The molecular formula is C17H18IN4O2RuS2-. The molecule has 0 aliphatic carbocycles. The van der Waals surface area contributed by atoms with Gasteiger partial charge in [0.25, 0.3) is 0 Å². The van der Waals surface area contributed by atoms with Crippen LogP contribution in [-0.4, -0.2) is 26.0 Å². The number of thiocarbonyl (C=S) groups is 1. The van der Waals surface area contributed by atoms with Gasteiger partial charge in [-0.05, 0) is 41.7 Å². The van der Waals surface area contributed by atoms with Crippen molar-refractivity contribution >= 4 is 58.6 Å². The van der Waals surface area contributed by atoms with Gasteiger partial charge in [0.1, 0.15) is 0 Å². The Labute approximate surface area is 198 Å². The van der Waals surface area contributed by atoms with Gasteiger partial charge in [-0.25, -0.2) is 5.26 Å². The SMILES string of the molecule is CI.Cc1ccnc(-c2cc(C(=O)[O-])ccn2)c1.N#C[S-].[CH3-].[CH3-].[N-]=C=S.[Ru+4]. The number of pyridine rings is 2. The Balaban J connectivity index is -0.000000128. The second kappa shape index (κ2) is 24.6. The van der Waals surface area contributed by atoms with Crippen LogP contribution >= 0.6 is 34.8 Å². The molecule has 10 heteroatoms. The maximum Gasteiger partial charge on any atom is 4.00 e. The standard InChI is InChI=1S/C12H10N2O2.CH3I.CHNS.CNS.2CH3.Ru/c1-8-2-4-13-10(6-8)11-7-9(12(15)16)3-5-14-11;1-2;2*2-1-3;;;/h2-7H,1H3,(H,15,16);1H3;3H;;2*1H3;/q;;;3*-1;+4/p-2. The monoisotopic (exact) mass is 603 g/mol. The third-order valence-corrected chi connectivity index (χ3v) is 2.17. The normalized spacial score (nSPS) is 6.74. The van der Waals surface area contributed by atoms with Gasteiger partial charge >= 0.3 is 19.5 Å². The number of rotatable bonds is 2. The first-order valence-corrected chi connectivity index (χ1v) is 8.98. The van der Waals surface area contributed by atoms with Crippen molar-refractivity contribution < 1.29 is 29.4 Å². The molecule has 2 aromatic rings. The molecule has 146 valence electrons. The Bertz CT molecular complexity index is 722. The van der Waals surface area contributed by atoms with E-state index in [0.29, 0.717) is 11.4 Å². The number of nitriles is 1. The van der Waals surface area contributed by atoms with Crippen LogP contribution in [0.3, 0.4) is 0 Å². The Hall–Kier alpha value is -1.37. The van der Waals surface area contributed by atoms with Gasteiger partial charge in [-0.3, -0.25) is 9.97 Å². The minimum absolute atomic E-state index is 0. The summed E-state index contributed by atoms with van der Waals surface area (Å²) < 4.78 is 0. The molecule has 0 aromatic carbocycles. The molecule has 0 bridgehead atoms. The van der Waals surface area contributed by atoms with Gasteiger partial charge in [0.15, 0.2) is 0 Å². The third-order valence-electron chi connectivity index (χ3n) is 2.17. The first-order chi connectivity index (χ1) is 11.5. The molecule has 2 rings (SSSR count). The minimum atomic E-state index is -1.21. The molecule has 2 aromatic heterocycles. The van der Waals surface area contributed by atoms with Crippen molar-refractivity contribution in [2.24, 2.45) is 0 Å².